The third-order valence-corrected chi connectivity index (χ3v) is 5.27. The van der Waals surface area contributed by atoms with Crippen LogP contribution in [0.2, 0.25) is 0 Å². The van der Waals surface area contributed by atoms with E-state index in [1.165, 1.54) is 25.6 Å². The van der Waals surface area contributed by atoms with Crippen LogP contribution >= 0.6 is 0 Å². The van der Waals surface area contributed by atoms with Gasteiger partial charge in [0.25, 0.3) is 0 Å². The summed E-state index contributed by atoms with van der Waals surface area (Å²) in [5, 5.41) is 11.0. The van der Waals surface area contributed by atoms with Crippen LogP contribution in [0.15, 0.2) is 30.6 Å². The lowest BCUT2D eigenvalue weighted by Gasteiger charge is -2.27. The predicted molar refractivity (Wildman–Crippen MR) is 104 cm³/mol. The Bertz CT molecular complexity index is 1120. The molecule has 8 nitrogen and oxygen atoms in total. The second-order valence-electron chi connectivity index (χ2n) is 6.37. The minimum absolute atomic E-state index is 0.0201. The van der Waals surface area contributed by atoms with Gasteiger partial charge in [-0.2, -0.15) is 0 Å². The van der Waals surface area contributed by atoms with E-state index in [0.29, 0.717) is 6.42 Å². The molecule has 0 aliphatic heterocycles. The van der Waals surface area contributed by atoms with E-state index in [0.717, 1.165) is 16.4 Å². The van der Waals surface area contributed by atoms with Crippen LogP contribution in [0.1, 0.15) is 40.9 Å². The number of benzene rings is 1. The number of methoxy groups -OCH3 is 1. The van der Waals surface area contributed by atoms with Crippen molar-refractivity contribution in [1.82, 2.24) is 9.97 Å². The molecule has 1 aromatic carbocycles. The van der Waals surface area contributed by atoms with Crippen molar-refractivity contribution < 1.29 is 32.2 Å². The zero-order chi connectivity index (χ0) is 22.0. The molecule has 0 aliphatic rings. The summed E-state index contributed by atoms with van der Waals surface area (Å²) in [5.41, 5.74) is -0.675. The van der Waals surface area contributed by atoms with Crippen molar-refractivity contribution in [2.45, 2.75) is 19.4 Å². The number of hydrogen-bond acceptors (Lipinski definition) is 6. The van der Waals surface area contributed by atoms with Crippen molar-refractivity contribution in [2.24, 2.45) is 0 Å². The SMILES string of the molecule is CCCN(c1ccc(F)c(C(O)c2c[nH]c3ncc(C(=O)OC)cc23)c1F)S(=O)[O-]. The number of aromatic amines is 1. The summed E-state index contributed by atoms with van der Waals surface area (Å²) in [4.78, 5) is 18.6. The van der Waals surface area contributed by atoms with Gasteiger partial charge in [0, 0.05) is 41.2 Å². The molecule has 3 aromatic rings. The van der Waals surface area contributed by atoms with E-state index in [1.807, 2.05) is 0 Å². The molecule has 0 radical (unpaired) electrons. The number of fused-ring (bicyclic) bond motifs is 1. The van der Waals surface area contributed by atoms with E-state index < -0.39 is 40.5 Å². The van der Waals surface area contributed by atoms with E-state index >= 15 is 4.39 Å². The fourth-order valence-electron chi connectivity index (χ4n) is 3.11. The van der Waals surface area contributed by atoms with Gasteiger partial charge in [-0.15, -0.1) is 0 Å². The van der Waals surface area contributed by atoms with Gasteiger partial charge in [0.1, 0.15) is 17.6 Å². The van der Waals surface area contributed by atoms with Crippen LogP contribution in [0, 0.1) is 11.6 Å². The fourth-order valence-corrected chi connectivity index (χ4v) is 3.75. The van der Waals surface area contributed by atoms with Crippen molar-refractivity contribution in [3.8, 4) is 0 Å². The van der Waals surface area contributed by atoms with Crippen LogP contribution < -0.4 is 4.31 Å². The first-order chi connectivity index (χ1) is 14.3. The van der Waals surface area contributed by atoms with Gasteiger partial charge in [-0.1, -0.05) is 6.92 Å². The van der Waals surface area contributed by atoms with Crippen molar-refractivity contribution in [3.05, 3.63) is 58.9 Å². The van der Waals surface area contributed by atoms with E-state index in [2.05, 4.69) is 14.7 Å². The lowest BCUT2D eigenvalue weighted by Crippen LogP contribution is -2.27. The van der Waals surface area contributed by atoms with Crippen LogP contribution in [0.3, 0.4) is 0 Å². The number of aliphatic hydroxyl groups is 1. The van der Waals surface area contributed by atoms with Gasteiger partial charge in [0.2, 0.25) is 0 Å². The van der Waals surface area contributed by atoms with Crippen LogP contribution in [-0.2, 0) is 16.0 Å². The molecule has 2 aromatic heterocycles. The molecule has 0 amide bonds. The van der Waals surface area contributed by atoms with Crippen LogP contribution in [0.25, 0.3) is 11.0 Å². The Balaban J connectivity index is 2.13. The molecular formula is C19H18F2N3O5S-. The third-order valence-electron chi connectivity index (χ3n) is 4.53. The Labute approximate surface area is 172 Å². The highest BCUT2D eigenvalue weighted by molar-refractivity contribution is 7.80. The Morgan fingerprint density at radius 2 is 2.17 bits per heavy atom. The maximum Gasteiger partial charge on any atom is 0.339 e. The van der Waals surface area contributed by atoms with Crippen molar-refractivity contribution in [2.75, 3.05) is 18.0 Å². The number of carbonyl (C=O) groups is 1. The minimum atomic E-state index is -2.79. The van der Waals surface area contributed by atoms with Gasteiger partial charge < -0.3 is 19.4 Å². The zero-order valence-corrected chi connectivity index (χ0v) is 16.8. The maximum atomic E-state index is 15.2. The first-order valence-electron chi connectivity index (χ1n) is 8.88. The number of carbonyl (C=O) groups excluding carboxylic acids is 1. The Kier molecular flexibility index (Phi) is 6.44. The second-order valence-corrected chi connectivity index (χ2v) is 7.25. The number of aromatic nitrogens is 2. The Hall–Kier alpha value is -2.89. The maximum absolute atomic E-state index is 15.2. The number of hydrogen-bond donors (Lipinski definition) is 2. The first-order valence-corrected chi connectivity index (χ1v) is 9.91. The molecule has 160 valence electrons. The van der Waals surface area contributed by atoms with Gasteiger partial charge >= 0.3 is 5.97 Å². The number of pyridine rings is 1. The number of nitrogens with one attached hydrogen (secondary N) is 1. The Morgan fingerprint density at radius 3 is 2.80 bits per heavy atom. The monoisotopic (exact) mass is 438 g/mol. The summed E-state index contributed by atoms with van der Waals surface area (Å²) < 4.78 is 58.0. The predicted octanol–water partition coefficient (Wildman–Crippen LogP) is 2.72. The lowest BCUT2D eigenvalue weighted by atomic mass is 9.99. The highest BCUT2D eigenvalue weighted by Crippen LogP contribution is 2.35. The first kappa shape index (κ1) is 21.8. The molecule has 2 atom stereocenters. The summed E-state index contributed by atoms with van der Waals surface area (Å²) in [5.74, 6) is -2.92. The number of anilines is 1. The summed E-state index contributed by atoms with van der Waals surface area (Å²) in [7, 11) is 1.19. The van der Waals surface area contributed by atoms with Crippen molar-refractivity contribution in [1.29, 1.82) is 0 Å². The van der Waals surface area contributed by atoms with Gasteiger partial charge in [-0.05, 0) is 24.6 Å². The molecule has 11 heteroatoms. The number of ether oxygens (including phenoxy) is 1. The van der Waals surface area contributed by atoms with Gasteiger partial charge in [0.05, 0.1) is 23.9 Å². The zero-order valence-electron chi connectivity index (χ0n) is 16.0. The molecular weight excluding hydrogens is 420 g/mol. The normalized spacial score (nSPS) is 13.3. The van der Waals surface area contributed by atoms with Crippen LogP contribution in [-0.4, -0.2) is 43.5 Å². The van der Waals surface area contributed by atoms with Crippen molar-refractivity contribution in [3.63, 3.8) is 0 Å². The summed E-state index contributed by atoms with van der Waals surface area (Å²) in [6.07, 6.45) is 1.17. The van der Waals surface area contributed by atoms with Gasteiger partial charge in [-0.25, -0.2) is 18.6 Å². The molecule has 0 fully saturated rings. The highest BCUT2D eigenvalue weighted by atomic mass is 32.2. The molecule has 0 spiro atoms. The average Bonchev–Trinajstić information content (AvgIpc) is 3.15. The number of halogens is 2. The van der Waals surface area contributed by atoms with Crippen LogP contribution in [0.4, 0.5) is 14.5 Å². The van der Waals surface area contributed by atoms with E-state index in [-0.39, 0.29) is 34.4 Å². The molecule has 0 saturated carbocycles. The largest absolute Gasteiger partial charge is 0.755 e. The summed E-state index contributed by atoms with van der Waals surface area (Å²) in [6, 6.07) is 3.26. The highest BCUT2D eigenvalue weighted by Gasteiger charge is 2.27. The van der Waals surface area contributed by atoms with Gasteiger partial charge in [-0.3, -0.25) is 8.51 Å². The number of aliphatic hydroxyl groups excluding tert-OH is 1. The molecule has 0 saturated heterocycles. The third kappa shape index (κ3) is 3.91. The van der Waals surface area contributed by atoms with Gasteiger partial charge in [0.15, 0.2) is 5.82 Å². The smallest absolute Gasteiger partial charge is 0.339 e. The van der Waals surface area contributed by atoms with E-state index in [1.54, 1.807) is 6.92 Å². The summed E-state index contributed by atoms with van der Waals surface area (Å²) >= 11 is -2.79. The second kappa shape index (κ2) is 8.86. The molecule has 2 heterocycles. The summed E-state index contributed by atoms with van der Waals surface area (Å²) in [6.45, 7) is 1.68. The average molecular weight is 438 g/mol. The molecule has 2 N–H and O–H groups in total. The van der Waals surface area contributed by atoms with E-state index in [9.17, 15) is 23.1 Å². The molecule has 0 bridgehead atoms. The van der Waals surface area contributed by atoms with Crippen molar-refractivity contribution >= 4 is 34.0 Å². The lowest BCUT2D eigenvalue weighted by molar-refractivity contribution is 0.0600. The molecule has 0 aliphatic carbocycles. The molecule has 2 unspecified atom stereocenters. The standard InChI is InChI=1S/C19H19F2N3O5S/c1-3-6-24(30(27)28)14-5-4-13(20)15(16(14)21)17(25)12-9-23-18-11(12)7-10(8-22-18)19(26)29-2/h4-5,7-9,17,25H,3,6H2,1-2H3,(H,22,23)(H,27,28)/p-1. The number of H-pyrrole nitrogens is 1. The number of nitrogens with zero attached hydrogens (tertiary/aromatic N) is 2. The number of esters is 1. The minimum Gasteiger partial charge on any atom is -0.755 e. The Morgan fingerprint density at radius 1 is 1.43 bits per heavy atom. The molecule has 30 heavy (non-hydrogen) atoms. The van der Waals surface area contributed by atoms with E-state index in [4.69, 9.17) is 0 Å². The topological polar surface area (TPSA) is 119 Å². The fraction of sp³-hybridized carbons (Fsp3) is 0.263. The quantitative estimate of drug-likeness (QED) is 0.433. The number of rotatable bonds is 7. The molecule has 3 rings (SSSR count). The van der Waals surface area contributed by atoms with Crippen LogP contribution in [0.5, 0.6) is 0 Å².